The number of pyridine rings is 2. The van der Waals surface area contributed by atoms with Crippen LogP contribution < -0.4 is 0 Å². The van der Waals surface area contributed by atoms with Gasteiger partial charge in [0.05, 0.1) is 16.9 Å². The average molecular weight is 517 g/mol. The van der Waals surface area contributed by atoms with E-state index in [1.807, 2.05) is 30.6 Å². The predicted molar refractivity (Wildman–Crippen MR) is 154 cm³/mol. The van der Waals surface area contributed by atoms with Gasteiger partial charge in [0.1, 0.15) is 11.5 Å². The first-order valence-corrected chi connectivity index (χ1v) is 13.6. The highest BCUT2D eigenvalue weighted by Gasteiger charge is 2.16. The number of H-pyrrole nitrogens is 2. The van der Waals surface area contributed by atoms with Gasteiger partial charge in [0.2, 0.25) is 0 Å². The third kappa shape index (κ3) is 4.70. The van der Waals surface area contributed by atoms with Gasteiger partial charge in [-0.15, -0.1) is 0 Å². The Morgan fingerprint density at radius 1 is 0.821 bits per heavy atom. The van der Waals surface area contributed by atoms with Crippen molar-refractivity contribution >= 4 is 21.8 Å². The Kier molecular flexibility index (Phi) is 6.13. The standard InChI is InChI=1S/C32H29FN6/c33-25-7-3-6-23(16-25)31-27-18-30(36-28(27)10-11-35-31)32-26-17-22(8-9-29(26)37-38-32)24-15-21(19-34-20-24)5-4-14-39-12-1-2-13-39/h3,6-11,15-20,36H,1-2,4-5,12-14H2,(H,37,38). The summed E-state index contributed by atoms with van der Waals surface area (Å²) in [5.41, 5.74) is 8.58. The van der Waals surface area contributed by atoms with Crippen molar-refractivity contribution in [2.24, 2.45) is 0 Å². The van der Waals surface area contributed by atoms with Crippen molar-refractivity contribution in [3.63, 3.8) is 0 Å². The van der Waals surface area contributed by atoms with Gasteiger partial charge >= 0.3 is 0 Å². The maximum Gasteiger partial charge on any atom is 0.123 e. The third-order valence-corrected chi connectivity index (χ3v) is 7.73. The smallest absolute Gasteiger partial charge is 0.123 e. The maximum absolute atomic E-state index is 13.9. The van der Waals surface area contributed by atoms with Gasteiger partial charge < -0.3 is 9.88 Å². The highest BCUT2D eigenvalue weighted by molar-refractivity contribution is 6.00. The quantitative estimate of drug-likeness (QED) is 0.240. The van der Waals surface area contributed by atoms with Crippen molar-refractivity contribution in [2.75, 3.05) is 19.6 Å². The minimum Gasteiger partial charge on any atom is -0.353 e. The van der Waals surface area contributed by atoms with Gasteiger partial charge in [-0.3, -0.25) is 15.1 Å². The topological polar surface area (TPSA) is 73.5 Å². The van der Waals surface area contributed by atoms with Crippen LogP contribution in [0.5, 0.6) is 0 Å². The van der Waals surface area contributed by atoms with Crippen LogP contribution in [-0.4, -0.2) is 49.7 Å². The van der Waals surface area contributed by atoms with E-state index in [9.17, 15) is 4.39 Å². The summed E-state index contributed by atoms with van der Waals surface area (Å²) >= 11 is 0. The molecule has 0 radical (unpaired) electrons. The molecule has 6 aromatic rings. The minimum absolute atomic E-state index is 0.280. The Labute approximate surface area is 225 Å². The zero-order valence-corrected chi connectivity index (χ0v) is 21.6. The molecule has 1 saturated heterocycles. The molecule has 39 heavy (non-hydrogen) atoms. The zero-order chi connectivity index (χ0) is 26.2. The summed E-state index contributed by atoms with van der Waals surface area (Å²) in [5.74, 6) is -0.280. The van der Waals surface area contributed by atoms with E-state index in [0.717, 1.165) is 75.0 Å². The number of fused-ring (bicyclic) bond motifs is 2. The summed E-state index contributed by atoms with van der Waals surface area (Å²) in [6, 6.07) is 19.2. The van der Waals surface area contributed by atoms with Gasteiger partial charge in [0.25, 0.3) is 0 Å². The van der Waals surface area contributed by atoms with Gasteiger partial charge in [-0.05, 0) is 98.9 Å². The van der Waals surface area contributed by atoms with Gasteiger partial charge in [-0.2, -0.15) is 5.10 Å². The number of halogens is 1. The van der Waals surface area contributed by atoms with Crippen LogP contribution in [0.2, 0.25) is 0 Å². The SMILES string of the molecule is Fc1cccc(-c2nccc3[nH]c(-c4n[nH]c5ccc(-c6cncc(CCCN7CCCC7)c6)cc45)cc23)c1. The number of aryl methyl sites for hydroxylation is 1. The van der Waals surface area contributed by atoms with Gasteiger partial charge in [0, 0.05) is 46.0 Å². The molecule has 1 aliphatic rings. The van der Waals surface area contributed by atoms with Crippen LogP contribution in [0.15, 0.2) is 79.3 Å². The summed E-state index contributed by atoms with van der Waals surface area (Å²) in [4.78, 5) is 15.2. The Hall–Kier alpha value is -4.36. The van der Waals surface area contributed by atoms with Crippen molar-refractivity contribution in [1.82, 2.24) is 30.0 Å². The van der Waals surface area contributed by atoms with E-state index in [0.29, 0.717) is 0 Å². The van der Waals surface area contributed by atoms with Crippen LogP contribution in [-0.2, 0) is 6.42 Å². The lowest BCUT2D eigenvalue weighted by molar-refractivity contribution is 0.334. The maximum atomic E-state index is 13.9. The molecular weight excluding hydrogens is 487 g/mol. The molecule has 0 aliphatic carbocycles. The third-order valence-electron chi connectivity index (χ3n) is 7.73. The van der Waals surface area contributed by atoms with Crippen LogP contribution in [0.25, 0.3) is 55.6 Å². The molecule has 7 rings (SSSR count). The summed E-state index contributed by atoms with van der Waals surface area (Å²) < 4.78 is 13.9. The first-order valence-electron chi connectivity index (χ1n) is 13.6. The lowest BCUT2D eigenvalue weighted by atomic mass is 10.0. The van der Waals surface area contributed by atoms with Crippen LogP contribution in [0.4, 0.5) is 4.39 Å². The number of rotatable bonds is 7. The summed E-state index contributed by atoms with van der Waals surface area (Å²) in [7, 11) is 0. The van der Waals surface area contributed by atoms with E-state index in [-0.39, 0.29) is 5.82 Å². The first kappa shape index (κ1) is 23.7. The van der Waals surface area contributed by atoms with E-state index < -0.39 is 0 Å². The molecule has 2 aromatic carbocycles. The van der Waals surface area contributed by atoms with E-state index in [1.54, 1.807) is 12.3 Å². The van der Waals surface area contributed by atoms with Crippen molar-refractivity contribution in [3.05, 3.63) is 90.6 Å². The van der Waals surface area contributed by atoms with E-state index in [4.69, 9.17) is 0 Å². The minimum atomic E-state index is -0.280. The van der Waals surface area contributed by atoms with Gasteiger partial charge in [-0.25, -0.2) is 4.39 Å². The Morgan fingerprint density at radius 2 is 1.72 bits per heavy atom. The number of nitrogens with zero attached hydrogens (tertiary/aromatic N) is 4. The fraction of sp³-hybridized carbons (Fsp3) is 0.219. The van der Waals surface area contributed by atoms with Gasteiger partial charge in [0.15, 0.2) is 0 Å². The normalized spacial score (nSPS) is 14.1. The molecule has 0 spiro atoms. The first-order chi connectivity index (χ1) is 19.2. The lowest BCUT2D eigenvalue weighted by Crippen LogP contribution is -2.20. The Morgan fingerprint density at radius 3 is 2.62 bits per heavy atom. The highest BCUT2D eigenvalue weighted by Crippen LogP contribution is 2.34. The monoisotopic (exact) mass is 516 g/mol. The van der Waals surface area contributed by atoms with Crippen molar-refractivity contribution in [3.8, 4) is 33.8 Å². The number of hydrogen-bond acceptors (Lipinski definition) is 4. The fourth-order valence-corrected chi connectivity index (χ4v) is 5.74. The summed E-state index contributed by atoms with van der Waals surface area (Å²) in [5, 5.41) is 9.78. The molecule has 0 amide bonds. The zero-order valence-electron chi connectivity index (χ0n) is 21.6. The van der Waals surface area contributed by atoms with Crippen LogP contribution in [0.3, 0.4) is 0 Å². The summed E-state index contributed by atoms with van der Waals surface area (Å²) in [6.07, 6.45) is 10.5. The van der Waals surface area contributed by atoms with E-state index >= 15 is 0 Å². The molecule has 6 nitrogen and oxygen atoms in total. The van der Waals surface area contributed by atoms with Crippen LogP contribution >= 0.6 is 0 Å². The molecule has 0 bridgehead atoms. The highest BCUT2D eigenvalue weighted by atomic mass is 19.1. The number of aromatic nitrogens is 5. The number of nitrogens with one attached hydrogen (secondary N) is 2. The molecule has 7 heteroatoms. The lowest BCUT2D eigenvalue weighted by Gasteiger charge is -2.14. The molecule has 1 aliphatic heterocycles. The second kappa shape index (κ2) is 10.1. The van der Waals surface area contributed by atoms with Crippen LogP contribution in [0.1, 0.15) is 24.8 Å². The molecule has 5 heterocycles. The van der Waals surface area contributed by atoms with Gasteiger partial charge in [-0.1, -0.05) is 18.2 Å². The second-order valence-electron chi connectivity index (χ2n) is 10.4. The molecule has 0 atom stereocenters. The predicted octanol–water partition coefficient (Wildman–Crippen LogP) is 7.00. The Balaban J connectivity index is 1.20. The molecule has 194 valence electrons. The molecule has 0 saturated carbocycles. The second-order valence-corrected chi connectivity index (χ2v) is 10.4. The van der Waals surface area contributed by atoms with Crippen LogP contribution in [0, 0.1) is 5.82 Å². The van der Waals surface area contributed by atoms with E-state index in [2.05, 4.69) is 54.3 Å². The Bertz CT molecular complexity index is 1780. The molecule has 2 N–H and O–H groups in total. The fourth-order valence-electron chi connectivity index (χ4n) is 5.74. The largest absolute Gasteiger partial charge is 0.353 e. The number of benzene rings is 2. The summed E-state index contributed by atoms with van der Waals surface area (Å²) in [6.45, 7) is 3.64. The van der Waals surface area contributed by atoms with E-state index in [1.165, 1.54) is 43.6 Å². The van der Waals surface area contributed by atoms with Crippen molar-refractivity contribution in [2.45, 2.75) is 25.7 Å². The van der Waals surface area contributed by atoms with Crippen molar-refractivity contribution in [1.29, 1.82) is 0 Å². The molecule has 1 fully saturated rings. The molecular formula is C32H29FN6. The average Bonchev–Trinajstić information content (AvgIpc) is 3.72. The number of hydrogen-bond donors (Lipinski definition) is 2. The molecule has 4 aromatic heterocycles. The number of likely N-dealkylation sites (tertiary alicyclic amines) is 1. The number of aromatic amines is 2. The van der Waals surface area contributed by atoms with Crippen molar-refractivity contribution < 1.29 is 4.39 Å². The molecule has 0 unspecified atom stereocenters.